The Morgan fingerprint density at radius 2 is 1.44 bits per heavy atom. The smallest absolute Gasteiger partial charge is 0.414 e. The molecule has 0 radical (unpaired) electrons. The van der Waals surface area contributed by atoms with E-state index in [-0.39, 0.29) is 5.91 Å². The van der Waals surface area contributed by atoms with E-state index in [9.17, 15) is 4.79 Å². The van der Waals surface area contributed by atoms with Crippen molar-refractivity contribution >= 4 is 23.5 Å². The number of anilines is 1. The van der Waals surface area contributed by atoms with Crippen LogP contribution in [-0.4, -0.2) is 45.6 Å². The Morgan fingerprint density at radius 1 is 0.926 bits per heavy atom. The highest BCUT2D eigenvalue weighted by Crippen LogP contribution is 2.35. The molecule has 8 nitrogen and oxygen atoms in total. The molecule has 8 heteroatoms. The zero-order chi connectivity index (χ0) is 20.0. The van der Waals surface area contributed by atoms with E-state index in [1.54, 1.807) is 0 Å². The maximum atomic E-state index is 12.2. The van der Waals surface area contributed by atoms with Gasteiger partial charge < -0.3 is 20.8 Å². The molecule has 3 rings (SSSR count). The van der Waals surface area contributed by atoms with E-state index < -0.39 is 11.9 Å². The summed E-state index contributed by atoms with van der Waals surface area (Å²) in [5.41, 5.74) is 6.16. The van der Waals surface area contributed by atoms with Crippen LogP contribution in [0.4, 0.5) is 5.69 Å². The van der Waals surface area contributed by atoms with E-state index >= 15 is 0 Å². The first-order valence-electron chi connectivity index (χ1n) is 9.32. The number of aryl methyl sites for hydroxylation is 2. The van der Waals surface area contributed by atoms with Gasteiger partial charge in [-0.1, -0.05) is 13.8 Å². The molecule has 148 valence electrons. The Kier molecular flexibility index (Phi) is 7.29. The SMILES string of the molecule is CC(C)NCC(=O)Nc1c2c(nc3c1CCC3)CCCC2.O=C(O)C(=O)O. The van der Waals surface area contributed by atoms with Gasteiger partial charge in [-0.05, 0) is 56.1 Å². The van der Waals surface area contributed by atoms with Crippen LogP contribution in [0, 0.1) is 0 Å². The third-order valence-electron chi connectivity index (χ3n) is 4.62. The monoisotopic (exact) mass is 377 g/mol. The molecule has 0 atom stereocenters. The van der Waals surface area contributed by atoms with E-state index in [0.29, 0.717) is 12.6 Å². The number of fused-ring (bicyclic) bond motifs is 2. The summed E-state index contributed by atoms with van der Waals surface area (Å²) < 4.78 is 0. The fourth-order valence-electron chi connectivity index (χ4n) is 3.38. The van der Waals surface area contributed by atoms with Gasteiger partial charge in [0.1, 0.15) is 0 Å². The molecule has 4 N–H and O–H groups in total. The number of carboxylic acid groups (broad SMARTS) is 2. The lowest BCUT2D eigenvalue weighted by Crippen LogP contribution is -2.33. The number of pyridine rings is 1. The summed E-state index contributed by atoms with van der Waals surface area (Å²) in [7, 11) is 0. The molecule has 0 saturated carbocycles. The molecule has 0 spiro atoms. The first-order chi connectivity index (χ1) is 12.8. The molecule has 0 fully saturated rings. The van der Waals surface area contributed by atoms with Gasteiger partial charge in [-0.25, -0.2) is 9.59 Å². The summed E-state index contributed by atoms with van der Waals surface area (Å²) in [5, 5.41) is 21.2. The maximum absolute atomic E-state index is 12.2. The minimum atomic E-state index is -1.82. The fourth-order valence-corrected chi connectivity index (χ4v) is 3.38. The number of carbonyl (C=O) groups is 3. The van der Waals surface area contributed by atoms with Crippen LogP contribution in [0.15, 0.2) is 0 Å². The Balaban J connectivity index is 0.000000380. The van der Waals surface area contributed by atoms with E-state index in [4.69, 9.17) is 24.8 Å². The van der Waals surface area contributed by atoms with Crippen LogP contribution in [0.1, 0.15) is 55.6 Å². The second kappa shape index (κ2) is 9.45. The lowest BCUT2D eigenvalue weighted by Gasteiger charge is -2.22. The van der Waals surface area contributed by atoms with Gasteiger partial charge in [0.25, 0.3) is 0 Å². The molecule has 2 aliphatic rings. The van der Waals surface area contributed by atoms with Gasteiger partial charge in [-0.15, -0.1) is 0 Å². The van der Waals surface area contributed by atoms with E-state index in [0.717, 1.165) is 31.4 Å². The number of aromatic nitrogens is 1. The molecule has 1 aromatic heterocycles. The molecule has 0 aliphatic heterocycles. The number of amides is 1. The van der Waals surface area contributed by atoms with Gasteiger partial charge >= 0.3 is 11.9 Å². The number of hydrogen-bond donors (Lipinski definition) is 4. The molecule has 0 aromatic carbocycles. The first-order valence-corrected chi connectivity index (χ1v) is 9.32. The first kappa shape index (κ1) is 20.8. The third-order valence-corrected chi connectivity index (χ3v) is 4.62. The topological polar surface area (TPSA) is 129 Å². The largest absolute Gasteiger partial charge is 0.473 e. The van der Waals surface area contributed by atoms with Crippen molar-refractivity contribution in [3.63, 3.8) is 0 Å². The van der Waals surface area contributed by atoms with Gasteiger partial charge in [0, 0.05) is 17.4 Å². The minimum absolute atomic E-state index is 0.0665. The molecule has 1 aromatic rings. The van der Waals surface area contributed by atoms with Crippen LogP contribution in [0.25, 0.3) is 0 Å². The number of hydrogen-bond acceptors (Lipinski definition) is 5. The highest BCUT2D eigenvalue weighted by atomic mass is 16.4. The number of rotatable bonds is 4. The summed E-state index contributed by atoms with van der Waals surface area (Å²) in [6.07, 6.45) is 7.84. The van der Waals surface area contributed by atoms with E-state index in [2.05, 4.69) is 24.5 Å². The molecule has 1 amide bonds. The average Bonchev–Trinajstić information content (AvgIpc) is 3.08. The van der Waals surface area contributed by atoms with Crippen molar-refractivity contribution < 1.29 is 24.6 Å². The van der Waals surface area contributed by atoms with Crippen LogP contribution in [-0.2, 0) is 40.1 Å². The lowest BCUT2D eigenvalue weighted by molar-refractivity contribution is -0.159. The molecule has 0 saturated heterocycles. The van der Waals surface area contributed by atoms with Gasteiger partial charge in [0.15, 0.2) is 0 Å². The summed E-state index contributed by atoms with van der Waals surface area (Å²) >= 11 is 0. The van der Waals surface area contributed by atoms with Gasteiger partial charge in [0.05, 0.1) is 12.2 Å². The van der Waals surface area contributed by atoms with Crippen molar-refractivity contribution in [2.24, 2.45) is 0 Å². The Hall–Kier alpha value is -2.48. The molecule has 0 bridgehead atoms. The second-order valence-corrected chi connectivity index (χ2v) is 7.09. The lowest BCUT2D eigenvalue weighted by atomic mass is 9.92. The molecule has 1 heterocycles. The Labute approximate surface area is 158 Å². The van der Waals surface area contributed by atoms with Crippen LogP contribution < -0.4 is 10.6 Å². The minimum Gasteiger partial charge on any atom is -0.473 e. The number of nitrogens with one attached hydrogen (secondary N) is 2. The predicted molar refractivity (Wildman–Crippen MR) is 99.9 cm³/mol. The van der Waals surface area contributed by atoms with Crippen molar-refractivity contribution in [1.29, 1.82) is 0 Å². The van der Waals surface area contributed by atoms with E-state index in [1.165, 1.54) is 41.8 Å². The highest BCUT2D eigenvalue weighted by molar-refractivity contribution is 6.27. The van der Waals surface area contributed by atoms with E-state index in [1.807, 2.05) is 0 Å². The summed E-state index contributed by atoms with van der Waals surface area (Å²) in [4.78, 5) is 35.3. The second-order valence-electron chi connectivity index (χ2n) is 7.09. The van der Waals surface area contributed by atoms with Crippen molar-refractivity contribution in [1.82, 2.24) is 10.3 Å². The highest BCUT2D eigenvalue weighted by Gasteiger charge is 2.25. The quantitative estimate of drug-likeness (QED) is 0.586. The van der Waals surface area contributed by atoms with Crippen molar-refractivity contribution in [3.05, 3.63) is 22.5 Å². The van der Waals surface area contributed by atoms with Gasteiger partial charge in [-0.3, -0.25) is 9.78 Å². The van der Waals surface area contributed by atoms with Crippen molar-refractivity contribution in [2.45, 2.75) is 64.8 Å². The summed E-state index contributed by atoms with van der Waals surface area (Å²) in [6, 6.07) is 0.327. The number of nitrogens with zero attached hydrogens (tertiary/aromatic N) is 1. The molecular weight excluding hydrogens is 350 g/mol. The molecule has 0 unspecified atom stereocenters. The van der Waals surface area contributed by atoms with Gasteiger partial charge in [0.2, 0.25) is 5.91 Å². The maximum Gasteiger partial charge on any atom is 0.414 e. The number of aliphatic carboxylic acids is 2. The number of carboxylic acids is 2. The standard InChI is InChI=1S/C17H25N3O.C2H2O4/c1-11(2)18-10-16(21)20-17-12-6-3-4-8-14(12)19-15-9-5-7-13(15)17;3-1(4)2(5)6/h11,18H,3-10H2,1-2H3,(H,19,20,21);(H,3,4)(H,5,6). The molecule has 2 aliphatic carbocycles. The van der Waals surface area contributed by atoms with Crippen LogP contribution in [0.2, 0.25) is 0 Å². The summed E-state index contributed by atoms with van der Waals surface area (Å²) in [6.45, 7) is 4.49. The molecular formula is C19H27N3O5. The van der Waals surface area contributed by atoms with Crippen molar-refractivity contribution in [3.8, 4) is 0 Å². The van der Waals surface area contributed by atoms with Crippen LogP contribution in [0.5, 0.6) is 0 Å². The van der Waals surface area contributed by atoms with Crippen LogP contribution in [0.3, 0.4) is 0 Å². The summed E-state index contributed by atoms with van der Waals surface area (Å²) in [5.74, 6) is -3.58. The van der Waals surface area contributed by atoms with Crippen molar-refractivity contribution in [2.75, 3.05) is 11.9 Å². The third kappa shape index (κ3) is 5.75. The fraction of sp³-hybridized carbons (Fsp3) is 0.579. The van der Waals surface area contributed by atoms with Gasteiger partial charge in [-0.2, -0.15) is 0 Å². The zero-order valence-corrected chi connectivity index (χ0v) is 15.8. The van der Waals surface area contributed by atoms with Crippen LogP contribution >= 0.6 is 0 Å². The zero-order valence-electron chi connectivity index (χ0n) is 15.8. The number of carbonyl (C=O) groups excluding carboxylic acids is 1. The normalized spacial score (nSPS) is 14.6. The average molecular weight is 377 g/mol. The molecule has 27 heavy (non-hydrogen) atoms. The predicted octanol–water partition coefficient (Wildman–Crippen LogP) is 1.54. The Morgan fingerprint density at radius 3 is 2.00 bits per heavy atom. The Bertz CT molecular complexity index is 719.